The Morgan fingerprint density at radius 2 is 2.04 bits per heavy atom. The van der Waals surface area contributed by atoms with Gasteiger partial charge < -0.3 is 14.3 Å². The normalized spacial score (nSPS) is 13.6. The number of rotatable bonds is 5. The Kier molecular flexibility index (Phi) is 4.88. The number of nitrogens with zero attached hydrogens (tertiary/aromatic N) is 1. The molecule has 0 aliphatic heterocycles. The van der Waals surface area contributed by atoms with Crippen LogP contribution in [0.5, 0.6) is 0 Å². The van der Waals surface area contributed by atoms with Gasteiger partial charge in [0.1, 0.15) is 11.5 Å². The van der Waals surface area contributed by atoms with E-state index in [1.54, 1.807) is 17.6 Å². The Labute approximate surface area is 145 Å². The molecule has 0 spiro atoms. The molecule has 0 atom stereocenters. The number of fused-ring (bicyclic) bond motifs is 1. The number of carbonyl (C=O) groups is 2. The molecule has 6 heteroatoms. The largest absolute Gasteiger partial charge is 0.465 e. The highest BCUT2D eigenvalue weighted by Crippen LogP contribution is 2.29. The average Bonchev–Trinajstić information content (AvgIpc) is 2.91. The van der Waals surface area contributed by atoms with Crippen LogP contribution in [0.1, 0.15) is 57.2 Å². The molecule has 1 amide bonds. The minimum atomic E-state index is -0.283. The lowest BCUT2D eigenvalue weighted by Gasteiger charge is -2.11. The van der Waals surface area contributed by atoms with Crippen molar-refractivity contribution in [3.63, 3.8) is 0 Å². The van der Waals surface area contributed by atoms with Crippen LogP contribution in [-0.2, 0) is 13.0 Å². The van der Waals surface area contributed by atoms with E-state index in [4.69, 9.17) is 4.42 Å². The third-order valence-corrected chi connectivity index (χ3v) is 4.58. The first-order valence-electron chi connectivity index (χ1n) is 8.59. The lowest BCUT2D eigenvalue weighted by molar-refractivity contribution is 0.0927. The van der Waals surface area contributed by atoms with Crippen LogP contribution in [0, 0.1) is 13.8 Å². The van der Waals surface area contributed by atoms with Crippen LogP contribution < -0.4 is 10.9 Å². The number of amides is 1. The van der Waals surface area contributed by atoms with Gasteiger partial charge in [0.15, 0.2) is 5.78 Å². The van der Waals surface area contributed by atoms with Gasteiger partial charge in [-0.15, -0.1) is 0 Å². The molecular weight excluding hydrogens is 320 g/mol. The first-order chi connectivity index (χ1) is 12.0. The molecule has 0 bridgehead atoms. The van der Waals surface area contributed by atoms with Gasteiger partial charge in [-0.2, -0.15) is 0 Å². The fraction of sp³-hybridized carbons (Fsp3) is 0.421. The molecule has 0 fully saturated rings. The average molecular weight is 342 g/mol. The van der Waals surface area contributed by atoms with Crippen LogP contribution in [0.15, 0.2) is 27.4 Å². The second kappa shape index (κ2) is 7.09. The van der Waals surface area contributed by atoms with E-state index < -0.39 is 0 Å². The number of hydrogen-bond acceptors (Lipinski definition) is 4. The summed E-state index contributed by atoms with van der Waals surface area (Å²) in [6.07, 6.45) is 2.56. The first kappa shape index (κ1) is 17.2. The van der Waals surface area contributed by atoms with E-state index in [-0.39, 0.29) is 17.2 Å². The summed E-state index contributed by atoms with van der Waals surface area (Å²) in [6, 6.07) is 5.14. The maximum Gasteiger partial charge on any atom is 0.255 e. The molecule has 2 aromatic heterocycles. The van der Waals surface area contributed by atoms with Crippen molar-refractivity contribution in [2.24, 2.45) is 0 Å². The van der Waals surface area contributed by atoms with E-state index in [9.17, 15) is 14.4 Å². The fourth-order valence-corrected chi connectivity index (χ4v) is 3.32. The van der Waals surface area contributed by atoms with Gasteiger partial charge in [0.05, 0.1) is 11.1 Å². The third-order valence-electron chi connectivity index (χ3n) is 4.58. The van der Waals surface area contributed by atoms with Crippen LogP contribution in [0.2, 0.25) is 0 Å². The maximum atomic E-state index is 12.5. The molecule has 2 heterocycles. The Balaban J connectivity index is 1.63. The Bertz CT molecular complexity index is 876. The molecule has 3 rings (SSSR count). The van der Waals surface area contributed by atoms with E-state index >= 15 is 0 Å². The van der Waals surface area contributed by atoms with Crippen molar-refractivity contribution >= 4 is 11.7 Å². The van der Waals surface area contributed by atoms with Gasteiger partial charge in [-0.05, 0) is 32.8 Å². The number of aryl methyl sites for hydroxylation is 3. The van der Waals surface area contributed by atoms with Crippen molar-refractivity contribution in [1.82, 2.24) is 9.88 Å². The summed E-state index contributed by atoms with van der Waals surface area (Å²) in [5.41, 5.74) is 1.67. The van der Waals surface area contributed by atoms with Gasteiger partial charge in [0.2, 0.25) is 0 Å². The van der Waals surface area contributed by atoms with Gasteiger partial charge in [-0.3, -0.25) is 14.4 Å². The van der Waals surface area contributed by atoms with Crippen molar-refractivity contribution in [1.29, 1.82) is 0 Å². The predicted molar refractivity (Wildman–Crippen MR) is 93.1 cm³/mol. The second-order valence-corrected chi connectivity index (χ2v) is 6.37. The van der Waals surface area contributed by atoms with E-state index in [0.717, 1.165) is 12.1 Å². The van der Waals surface area contributed by atoms with Gasteiger partial charge in [-0.1, -0.05) is 6.07 Å². The number of furan rings is 1. The number of aromatic nitrogens is 1. The highest BCUT2D eigenvalue weighted by molar-refractivity contribution is 6.09. The van der Waals surface area contributed by atoms with Crippen molar-refractivity contribution in [3.8, 4) is 0 Å². The molecule has 132 valence electrons. The maximum absolute atomic E-state index is 12.5. The topological polar surface area (TPSA) is 81.3 Å². The molecule has 0 radical (unpaired) electrons. The lowest BCUT2D eigenvalue weighted by atomic mass is 9.93. The fourth-order valence-electron chi connectivity index (χ4n) is 3.32. The van der Waals surface area contributed by atoms with Gasteiger partial charge >= 0.3 is 0 Å². The first-order valence-corrected chi connectivity index (χ1v) is 8.59. The molecule has 0 unspecified atom stereocenters. The van der Waals surface area contributed by atoms with Crippen LogP contribution in [0.4, 0.5) is 0 Å². The lowest BCUT2D eigenvalue weighted by Crippen LogP contribution is -2.29. The van der Waals surface area contributed by atoms with Crippen molar-refractivity contribution in [2.75, 3.05) is 6.54 Å². The van der Waals surface area contributed by atoms with Crippen LogP contribution in [0.3, 0.4) is 0 Å². The SMILES string of the molecule is Cc1oc2c(c1C(=O)NCCCn1c(C)cccc1=O)C(=O)CCC2. The molecular formula is C19H22N2O4. The van der Waals surface area contributed by atoms with Gasteiger partial charge in [-0.25, -0.2) is 0 Å². The van der Waals surface area contributed by atoms with Gasteiger partial charge in [0, 0.05) is 37.7 Å². The molecule has 0 saturated heterocycles. The summed E-state index contributed by atoms with van der Waals surface area (Å²) in [5, 5.41) is 2.84. The summed E-state index contributed by atoms with van der Waals surface area (Å²) in [4.78, 5) is 36.5. The minimum absolute atomic E-state index is 0.0188. The zero-order valence-corrected chi connectivity index (χ0v) is 14.6. The number of carbonyl (C=O) groups excluding carboxylic acids is 2. The monoisotopic (exact) mass is 342 g/mol. The molecule has 1 aliphatic carbocycles. The number of nitrogens with one attached hydrogen (secondary N) is 1. The molecule has 2 aromatic rings. The molecule has 1 N–H and O–H groups in total. The molecule has 0 aromatic carbocycles. The van der Waals surface area contributed by atoms with E-state index in [1.807, 2.05) is 13.0 Å². The molecule has 1 aliphatic rings. The smallest absolute Gasteiger partial charge is 0.255 e. The van der Waals surface area contributed by atoms with E-state index in [2.05, 4.69) is 5.32 Å². The Morgan fingerprint density at radius 1 is 1.24 bits per heavy atom. The Morgan fingerprint density at radius 3 is 2.80 bits per heavy atom. The minimum Gasteiger partial charge on any atom is -0.465 e. The van der Waals surface area contributed by atoms with E-state index in [1.165, 1.54) is 6.07 Å². The number of hydrogen-bond donors (Lipinski definition) is 1. The van der Waals surface area contributed by atoms with Crippen LogP contribution >= 0.6 is 0 Å². The van der Waals surface area contributed by atoms with Crippen molar-refractivity contribution in [3.05, 3.63) is 56.9 Å². The quantitative estimate of drug-likeness (QED) is 0.846. The number of pyridine rings is 1. The van der Waals surface area contributed by atoms with Gasteiger partial charge in [0.25, 0.3) is 11.5 Å². The van der Waals surface area contributed by atoms with Crippen LogP contribution in [-0.4, -0.2) is 22.8 Å². The van der Waals surface area contributed by atoms with Crippen LogP contribution in [0.25, 0.3) is 0 Å². The summed E-state index contributed by atoms with van der Waals surface area (Å²) in [7, 11) is 0. The number of Topliss-reactive ketones (excluding diaryl/α,β-unsaturated/α-hetero) is 1. The zero-order valence-electron chi connectivity index (χ0n) is 14.6. The molecule has 25 heavy (non-hydrogen) atoms. The van der Waals surface area contributed by atoms with E-state index in [0.29, 0.717) is 55.0 Å². The highest BCUT2D eigenvalue weighted by Gasteiger charge is 2.30. The Hall–Kier alpha value is -2.63. The van der Waals surface area contributed by atoms with Crippen molar-refractivity contribution < 1.29 is 14.0 Å². The summed E-state index contributed by atoms with van der Waals surface area (Å²) in [6.45, 7) is 4.56. The van der Waals surface area contributed by atoms with Crippen molar-refractivity contribution in [2.45, 2.75) is 46.1 Å². The number of ketones is 1. The molecule has 6 nitrogen and oxygen atoms in total. The molecule has 0 saturated carbocycles. The standard InChI is InChI=1S/C19H22N2O4/c1-12-6-3-9-16(23)21(12)11-5-10-20-19(24)17-13(2)25-15-8-4-7-14(22)18(15)17/h3,6,9H,4-5,7-8,10-11H2,1-2H3,(H,20,24). The highest BCUT2D eigenvalue weighted by atomic mass is 16.3. The predicted octanol–water partition coefficient (Wildman–Crippen LogP) is 2.40. The second-order valence-electron chi connectivity index (χ2n) is 6.37. The summed E-state index contributed by atoms with van der Waals surface area (Å²) >= 11 is 0. The third kappa shape index (κ3) is 3.43. The zero-order chi connectivity index (χ0) is 18.0. The summed E-state index contributed by atoms with van der Waals surface area (Å²) in [5.74, 6) is 0.822. The summed E-state index contributed by atoms with van der Waals surface area (Å²) < 4.78 is 7.29.